The largest absolute Gasteiger partial charge is 0.373 e. The van der Waals surface area contributed by atoms with Gasteiger partial charge in [-0.05, 0) is 46.9 Å². The summed E-state index contributed by atoms with van der Waals surface area (Å²) >= 11 is 1.92. The Hall–Kier alpha value is -1.95. The Kier molecular flexibility index (Phi) is 5.08. The lowest BCUT2D eigenvalue weighted by molar-refractivity contribution is 0.104. The van der Waals surface area contributed by atoms with Crippen LogP contribution in [0.25, 0.3) is 0 Å². The van der Waals surface area contributed by atoms with Crippen molar-refractivity contribution in [3.05, 3.63) is 77.9 Å². The topological polar surface area (TPSA) is 20.2 Å². The summed E-state index contributed by atoms with van der Waals surface area (Å²) in [7, 11) is 0. The molecule has 0 bridgehead atoms. The summed E-state index contributed by atoms with van der Waals surface area (Å²) in [5, 5.41) is 11.0. The minimum absolute atomic E-state index is 0.176. The first-order valence-corrected chi connectivity index (χ1v) is 9.62. The van der Waals surface area contributed by atoms with E-state index in [1.165, 1.54) is 16.9 Å². The predicted octanol–water partition coefficient (Wildman–Crippen LogP) is 5.28. The van der Waals surface area contributed by atoms with Crippen LogP contribution in [0.2, 0.25) is 0 Å². The highest BCUT2D eigenvalue weighted by molar-refractivity contribution is 7.99. The Morgan fingerprint density at radius 2 is 2.00 bits per heavy atom. The van der Waals surface area contributed by atoms with Crippen molar-refractivity contribution in [1.82, 2.24) is 0 Å². The van der Waals surface area contributed by atoms with Crippen molar-refractivity contribution < 1.29 is 5.11 Å². The highest BCUT2D eigenvalue weighted by atomic mass is 32.2. The molecule has 1 unspecified atom stereocenters. The van der Waals surface area contributed by atoms with Gasteiger partial charge in [-0.1, -0.05) is 62.1 Å². The molecule has 0 aliphatic carbocycles. The van der Waals surface area contributed by atoms with Crippen molar-refractivity contribution in [3.8, 4) is 11.8 Å². The molecule has 0 radical (unpaired) electrons. The summed E-state index contributed by atoms with van der Waals surface area (Å²) in [6, 6.07) is 16.0. The van der Waals surface area contributed by atoms with Crippen molar-refractivity contribution in [1.29, 1.82) is 0 Å². The van der Waals surface area contributed by atoms with Crippen LogP contribution in [0, 0.1) is 11.8 Å². The smallest absolute Gasteiger partial charge is 0.154 e. The molecule has 1 atom stereocenters. The van der Waals surface area contributed by atoms with Crippen LogP contribution < -0.4 is 0 Å². The zero-order valence-electron chi connectivity index (χ0n) is 14.9. The Morgan fingerprint density at radius 3 is 2.72 bits per heavy atom. The lowest BCUT2D eigenvalue weighted by atomic mass is 9.81. The molecule has 2 aromatic carbocycles. The van der Waals surface area contributed by atoms with Gasteiger partial charge in [-0.3, -0.25) is 0 Å². The van der Waals surface area contributed by atoms with Crippen LogP contribution >= 0.6 is 11.8 Å². The summed E-state index contributed by atoms with van der Waals surface area (Å²) in [5.74, 6) is 7.46. The average molecular weight is 349 g/mol. The molecule has 128 valence electrons. The maximum absolute atomic E-state index is 11.0. The standard InChI is InChI=1S/C23H24OS/c1-4-13-23(24,19-8-6-5-7-9-19)14-12-18-10-11-21-20(17-18)22(2,3)15-16-25-21/h4-11,17,24H,1,13,15-16H2,2-3H3. The van der Waals surface area contributed by atoms with Gasteiger partial charge >= 0.3 is 0 Å². The third kappa shape index (κ3) is 3.84. The molecule has 1 heterocycles. The van der Waals surface area contributed by atoms with Crippen molar-refractivity contribution in [3.63, 3.8) is 0 Å². The fraction of sp³-hybridized carbons (Fsp3) is 0.304. The molecule has 0 saturated carbocycles. The molecule has 0 fully saturated rings. The van der Waals surface area contributed by atoms with E-state index >= 15 is 0 Å². The van der Waals surface area contributed by atoms with Crippen LogP contribution in [-0.2, 0) is 11.0 Å². The van der Waals surface area contributed by atoms with Gasteiger partial charge in [-0.15, -0.1) is 18.3 Å². The monoisotopic (exact) mass is 348 g/mol. The molecule has 1 N–H and O–H groups in total. The summed E-state index contributed by atoms with van der Waals surface area (Å²) < 4.78 is 0. The van der Waals surface area contributed by atoms with Gasteiger partial charge in [0.15, 0.2) is 5.60 Å². The number of benzene rings is 2. The number of hydrogen-bond acceptors (Lipinski definition) is 2. The molecule has 25 heavy (non-hydrogen) atoms. The van der Waals surface area contributed by atoms with Crippen LogP contribution in [0.15, 0.2) is 66.1 Å². The van der Waals surface area contributed by atoms with E-state index in [9.17, 15) is 5.11 Å². The average Bonchev–Trinajstić information content (AvgIpc) is 2.61. The van der Waals surface area contributed by atoms with Crippen molar-refractivity contribution in [2.75, 3.05) is 5.75 Å². The van der Waals surface area contributed by atoms with Gasteiger partial charge in [0.05, 0.1) is 0 Å². The minimum atomic E-state index is -1.21. The zero-order chi connectivity index (χ0) is 17.9. The highest BCUT2D eigenvalue weighted by Crippen LogP contribution is 2.41. The Labute approximate surface area is 155 Å². The third-order valence-corrected chi connectivity index (χ3v) is 5.87. The summed E-state index contributed by atoms with van der Waals surface area (Å²) in [4.78, 5) is 1.35. The van der Waals surface area contributed by atoms with Gasteiger partial charge in [0.25, 0.3) is 0 Å². The second-order valence-electron chi connectivity index (χ2n) is 7.16. The molecule has 0 aromatic heterocycles. The Balaban J connectivity index is 1.98. The molecule has 1 nitrogen and oxygen atoms in total. The molecular weight excluding hydrogens is 324 g/mol. The molecule has 0 amide bonds. The van der Waals surface area contributed by atoms with Crippen LogP contribution in [0.5, 0.6) is 0 Å². The fourth-order valence-corrected chi connectivity index (χ4v) is 4.64. The predicted molar refractivity (Wildman–Crippen MR) is 107 cm³/mol. The van der Waals surface area contributed by atoms with E-state index in [2.05, 4.69) is 50.5 Å². The van der Waals surface area contributed by atoms with Gasteiger partial charge < -0.3 is 5.11 Å². The van der Waals surface area contributed by atoms with Crippen molar-refractivity contribution in [2.45, 2.75) is 42.6 Å². The number of hydrogen-bond donors (Lipinski definition) is 1. The maximum Gasteiger partial charge on any atom is 0.154 e. The van der Waals surface area contributed by atoms with E-state index in [4.69, 9.17) is 0 Å². The minimum Gasteiger partial charge on any atom is -0.373 e. The van der Waals surface area contributed by atoms with Crippen LogP contribution in [-0.4, -0.2) is 10.9 Å². The van der Waals surface area contributed by atoms with Crippen LogP contribution in [0.4, 0.5) is 0 Å². The fourth-order valence-electron chi connectivity index (χ4n) is 3.15. The number of fused-ring (bicyclic) bond motifs is 1. The van der Waals surface area contributed by atoms with E-state index in [0.717, 1.165) is 16.9 Å². The number of thioether (sulfide) groups is 1. The SMILES string of the molecule is C=CCC(O)(C#Cc1ccc2c(c1)C(C)(C)CCS2)c1ccccc1. The normalized spacial score (nSPS) is 17.6. The third-order valence-electron chi connectivity index (χ3n) is 4.80. The highest BCUT2D eigenvalue weighted by Gasteiger charge is 2.28. The second kappa shape index (κ2) is 7.12. The molecular formula is C23H24OS. The molecule has 1 aliphatic heterocycles. The molecule has 0 saturated heterocycles. The van der Waals surface area contributed by atoms with Gasteiger partial charge in [0.1, 0.15) is 0 Å². The van der Waals surface area contributed by atoms with Crippen molar-refractivity contribution in [2.24, 2.45) is 0 Å². The van der Waals surface area contributed by atoms with E-state index in [-0.39, 0.29) is 5.41 Å². The van der Waals surface area contributed by atoms with E-state index in [1.807, 2.05) is 42.1 Å². The first-order valence-electron chi connectivity index (χ1n) is 8.64. The summed E-state index contributed by atoms with van der Waals surface area (Å²) in [6.45, 7) is 8.36. The Morgan fingerprint density at radius 1 is 1.24 bits per heavy atom. The van der Waals surface area contributed by atoms with E-state index in [1.54, 1.807) is 6.08 Å². The molecule has 0 spiro atoms. The second-order valence-corrected chi connectivity index (χ2v) is 8.30. The summed E-state index contributed by atoms with van der Waals surface area (Å²) in [6.07, 6.45) is 3.29. The summed E-state index contributed by atoms with van der Waals surface area (Å²) in [5.41, 5.74) is 2.09. The van der Waals surface area contributed by atoms with Gasteiger partial charge in [0, 0.05) is 16.9 Å². The van der Waals surface area contributed by atoms with Crippen LogP contribution in [0.1, 0.15) is 43.4 Å². The quantitative estimate of drug-likeness (QED) is 0.602. The molecule has 2 heteroatoms. The lowest BCUT2D eigenvalue weighted by Crippen LogP contribution is -2.23. The molecule has 1 aliphatic rings. The first-order chi connectivity index (χ1) is 11.9. The lowest BCUT2D eigenvalue weighted by Gasteiger charge is -2.32. The maximum atomic E-state index is 11.0. The van der Waals surface area contributed by atoms with Gasteiger partial charge in [-0.2, -0.15) is 0 Å². The first kappa shape index (κ1) is 17.9. The number of aliphatic hydroxyl groups is 1. The van der Waals surface area contributed by atoms with Crippen LogP contribution in [0.3, 0.4) is 0 Å². The zero-order valence-corrected chi connectivity index (χ0v) is 15.7. The molecule has 2 aromatic rings. The van der Waals surface area contributed by atoms with Gasteiger partial charge in [-0.25, -0.2) is 0 Å². The molecule has 3 rings (SSSR count). The van der Waals surface area contributed by atoms with E-state index < -0.39 is 5.60 Å². The number of rotatable bonds is 3. The van der Waals surface area contributed by atoms with Crippen molar-refractivity contribution >= 4 is 11.8 Å². The van der Waals surface area contributed by atoms with E-state index in [0.29, 0.717) is 6.42 Å². The van der Waals surface area contributed by atoms with Gasteiger partial charge in [0.2, 0.25) is 0 Å². The Bertz CT molecular complexity index is 826.